The third-order valence-corrected chi connectivity index (χ3v) is 1.83. The molecule has 0 aliphatic heterocycles. The number of nitrogens with one attached hydrogen (secondary N) is 1. The summed E-state index contributed by atoms with van der Waals surface area (Å²) < 4.78 is 31.9. The molecule has 0 saturated carbocycles. The van der Waals surface area contributed by atoms with Crippen LogP contribution < -0.4 is 5.32 Å². The second-order valence-corrected chi connectivity index (χ2v) is 4.59. The van der Waals surface area contributed by atoms with Crippen LogP contribution >= 0.6 is 0 Å². The molecule has 1 aromatic carbocycles. The summed E-state index contributed by atoms with van der Waals surface area (Å²) in [5.74, 6) is 0.203. The quantitative estimate of drug-likeness (QED) is 0.780. The van der Waals surface area contributed by atoms with Gasteiger partial charge in [-0.05, 0) is 32.9 Å². The van der Waals surface area contributed by atoms with Gasteiger partial charge in [-0.1, -0.05) is 5.92 Å². The molecule has 0 unspecified atom stereocenters. The average molecular weight is 253 g/mol. The first-order chi connectivity index (χ1) is 8.23. The number of hydrogen-bond donors (Lipinski definition) is 1. The predicted molar refractivity (Wildman–Crippen MR) is 64.1 cm³/mol. The van der Waals surface area contributed by atoms with E-state index in [1.54, 1.807) is 20.8 Å². The molecule has 3 nitrogen and oxygen atoms in total. The van der Waals surface area contributed by atoms with Gasteiger partial charge in [-0.3, -0.25) is 5.32 Å². The van der Waals surface area contributed by atoms with Gasteiger partial charge in [0.1, 0.15) is 11.3 Å². The van der Waals surface area contributed by atoms with Gasteiger partial charge in [0.25, 0.3) is 0 Å². The second kappa shape index (κ2) is 5.05. The number of anilines is 1. The van der Waals surface area contributed by atoms with E-state index in [9.17, 15) is 13.6 Å². The highest BCUT2D eigenvalue weighted by Crippen LogP contribution is 2.21. The molecule has 0 bridgehead atoms. The van der Waals surface area contributed by atoms with E-state index < -0.39 is 29.0 Å². The Bertz CT molecular complexity index is 490. The van der Waals surface area contributed by atoms with Crippen molar-refractivity contribution in [3.63, 3.8) is 0 Å². The van der Waals surface area contributed by atoms with Crippen molar-refractivity contribution < 1.29 is 18.3 Å². The Hall–Kier alpha value is -2.09. The lowest BCUT2D eigenvalue weighted by atomic mass is 10.2. The molecule has 18 heavy (non-hydrogen) atoms. The Kier molecular flexibility index (Phi) is 3.92. The highest BCUT2D eigenvalue weighted by atomic mass is 19.1. The highest BCUT2D eigenvalue weighted by molar-refractivity contribution is 5.85. The molecular formula is C13H13F2NO2. The number of terminal acetylenes is 1. The number of amides is 1. The Morgan fingerprint density at radius 1 is 1.33 bits per heavy atom. The summed E-state index contributed by atoms with van der Waals surface area (Å²) in [5.41, 5.74) is -1.28. The third kappa shape index (κ3) is 3.74. The van der Waals surface area contributed by atoms with Gasteiger partial charge in [0.15, 0.2) is 11.6 Å². The lowest BCUT2D eigenvalue weighted by Crippen LogP contribution is -2.27. The van der Waals surface area contributed by atoms with Crippen LogP contribution in [0.5, 0.6) is 0 Å². The van der Waals surface area contributed by atoms with Gasteiger partial charge in [0.2, 0.25) is 0 Å². The first kappa shape index (κ1) is 14.0. The lowest BCUT2D eigenvalue weighted by Gasteiger charge is -2.20. The summed E-state index contributed by atoms with van der Waals surface area (Å²) >= 11 is 0. The Morgan fingerprint density at radius 3 is 2.22 bits per heavy atom. The standard InChI is InChI=1S/C13H13F2NO2/c1-5-8-6-9(14)11(10(15)7-8)16-12(17)18-13(2,3)4/h1,6-7H,2-4H3,(H,16,17). The Labute approximate surface area is 104 Å². The molecule has 0 fully saturated rings. The van der Waals surface area contributed by atoms with Crippen molar-refractivity contribution >= 4 is 11.8 Å². The third-order valence-electron chi connectivity index (χ3n) is 1.83. The summed E-state index contributed by atoms with van der Waals surface area (Å²) in [4.78, 5) is 11.4. The molecule has 0 atom stereocenters. The summed E-state index contributed by atoms with van der Waals surface area (Å²) in [6.45, 7) is 4.92. The maximum atomic E-state index is 13.5. The molecule has 1 rings (SSSR count). The smallest absolute Gasteiger partial charge is 0.412 e. The summed E-state index contributed by atoms with van der Waals surface area (Å²) in [6, 6.07) is 1.91. The molecule has 5 heteroatoms. The van der Waals surface area contributed by atoms with Crippen molar-refractivity contribution in [3.05, 3.63) is 29.3 Å². The van der Waals surface area contributed by atoms with Crippen LogP contribution in [0.3, 0.4) is 0 Å². The molecule has 0 spiro atoms. The Balaban J connectivity index is 2.93. The highest BCUT2D eigenvalue weighted by Gasteiger charge is 2.19. The van der Waals surface area contributed by atoms with Crippen molar-refractivity contribution in [2.24, 2.45) is 0 Å². The van der Waals surface area contributed by atoms with E-state index in [0.29, 0.717) is 0 Å². The molecule has 0 saturated heterocycles. The summed E-state index contributed by atoms with van der Waals surface area (Å²) in [5, 5.41) is 2.01. The van der Waals surface area contributed by atoms with E-state index in [1.165, 1.54) is 0 Å². The van der Waals surface area contributed by atoms with Crippen LogP contribution in [0.2, 0.25) is 0 Å². The van der Waals surface area contributed by atoms with Crippen molar-refractivity contribution in [1.82, 2.24) is 0 Å². The Morgan fingerprint density at radius 2 is 1.83 bits per heavy atom. The molecular weight excluding hydrogens is 240 g/mol. The fourth-order valence-electron chi connectivity index (χ4n) is 1.18. The molecule has 1 aromatic rings. The lowest BCUT2D eigenvalue weighted by molar-refractivity contribution is 0.0634. The van der Waals surface area contributed by atoms with E-state index in [4.69, 9.17) is 11.2 Å². The fourth-order valence-corrected chi connectivity index (χ4v) is 1.18. The van der Waals surface area contributed by atoms with Gasteiger partial charge in [-0.25, -0.2) is 13.6 Å². The van der Waals surface area contributed by atoms with Gasteiger partial charge in [0.05, 0.1) is 0 Å². The largest absolute Gasteiger partial charge is 0.444 e. The van der Waals surface area contributed by atoms with Gasteiger partial charge in [-0.2, -0.15) is 0 Å². The number of benzene rings is 1. The minimum Gasteiger partial charge on any atom is -0.444 e. The second-order valence-electron chi connectivity index (χ2n) is 4.59. The van der Waals surface area contributed by atoms with Crippen molar-refractivity contribution in [3.8, 4) is 12.3 Å². The number of carbonyl (C=O) groups is 1. The zero-order chi connectivity index (χ0) is 13.9. The first-order valence-corrected chi connectivity index (χ1v) is 5.18. The van der Waals surface area contributed by atoms with Gasteiger partial charge in [0, 0.05) is 5.56 Å². The van der Waals surface area contributed by atoms with Crippen LogP contribution in [-0.2, 0) is 4.74 Å². The van der Waals surface area contributed by atoms with E-state index >= 15 is 0 Å². The number of carbonyl (C=O) groups excluding carboxylic acids is 1. The molecule has 96 valence electrons. The zero-order valence-corrected chi connectivity index (χ0v) is 10.3. The topological polar surface area (TPSA) is 38.3 Å². The van der Waals surface area contributed by atoms with Crippen molar-refractivity contribution in [1.29, 1.82) is 0 Å². The van der Waals surface area contributed by atoms with Crippen LogP contribution in [-0.4, -0.2) is 11.7 Å². The molecule has 0 radical (unpaired) electrons. The van der Waals surface area contributed by atoms with Gasteiger partial charge in [-0.15, -0.1) is 6.42 Å². The number of ether oxygens (including phenoxy) is 1. The minimum absolute atomic E-state index is 0.0553. The zero-order valence-electron chi connectivity index (χ0n) is 10.3. The van der Waals surface area contributed by atoms with Crippen molar-refractivity contribution in [2.45, 2.75) is 26.4 Å². The summed E-state index contributed by atoms with van der Waals surface area (Å²) in [6.07, 6.45) is 4.09. The minimum atomic E-state index is -0.950. The number of rotatable bonds is 1. The van der Waals surface area contributed by atoms with Crippen molar-refractivity contribution in [2.75, 3.05) is 5.32 Å². The molecule has 0 aliphatic carbocycles. The molecule has 0 aliphatic rings. The summed E-state index contributed by atoms with van der Waals surface area (Å²) in [7, 11) is 0. The van der Waals surface area contributed by atoms with Crippen LogP contribution in [0.4, 0.5) is 19.3 Å². The predicted octanol–water partition coefficient (Wildman–Crippen LogP) is 3.29. The maximum Gasteiger partial charge on any atom is 0.412 e. The van der Waals surface area contributed by atoms with Crippen LogP contribution in [0.25, 0.3) is 0 Å². The van der Waals surface area contributed by atoms with Gasteiger partial charge < -0.3 is 4.74 Å². The van der Waals surface area contributed by atoms with E-state index in [2.05, 4.69) is 5.92 Å². The maximum absolute atomic E-state index is 13.5. The van der Waals surface area contributed by atoms with E-state index in [0.717, 1.165) is 12.1 Å². The van der Waals surface area contributed by atoms with E-state index in [1.807, 2.05) is 5.32 Å². The number of hydrogen-bond acceptors (Lipinski definition) is 2. The normalized spacial score (nSPS) is 10.7. The van der Waals surface area contributed by atoms with E-state index in [-0.39, 0.29) is 5.56 Å². The van der Waals surface area contributed by atoms with Crippen LogP contribution in [0.15, 0.2) is 12.1 Å². The molecule has 0 aromatic heterocycles. The first-order valence-electron chi connectivity index (χ1n) is 5.18. The molecule has 1 amide bonds. The SMILES string of the molecule is C#Cc1cc(F)c(NC(=O)OC(C)(C)C)c(F)c1. The molecule has 0 heterocycles. The monoisotopic (exact) mass is 253 g/mol. The average Bonchev–Trinajstić information content (AvgIpc) is 2.20. The van der Waals surface area contributed by atoms with Crippen LogP contribution in [0, 0.1) is 24.0 Å². The van der Waals surface area contributed by atoms with Crippen LogP contribution in [0.1, 0.15) is 26.3 Å². The molecule has 1 N–H and O–H groups in total. The van der Waals surface area contributed by atoms with Gasteiger partial charge >= 0.3 is 6.09 Å². The number of halogens is 2. The fraction of sp³-hybridized carbons (Fsp3) is 0.308.